The van der Waals surface area contributed by atoms with E-state index in [1.165, 1.54) is 0 Å². The second-order valence-electron chi connectivity index (χ2n) is 9.01. The molecule has 0 aliphatic heterocycles. The van der Waals surface area contributed by atoms with Crippen LogP contribution in [0.3, 0.4) is 0 Å². The fourth-order valence-corrected chi connectivity index (χ4v) is 3.06. The highest BCUT2D eigenvalue weighted by Gasteiger charge is 2.26. The van der Waals surface area contributed by atoms with Crippen molar-refractivity contribution >= 4 is 26.3 Å². The summed E-state index contributed by atoms with van der Waals surface area (Å²) in [6.07, 6.45) is -0.792. The molecule has 0 saturated carbocycles. The Morgan fingerprint density at radius 3 is 2.23 bits per heavy atom. The zero-order valence-electron chi connectivity index (χ0n) is 19.4. The quantitative estimate of drug-likeness (QED) is 0.235. The zero-order chi connectivity index (χ0) is 23.5. The van der Waals surface area contributed by atoms with E-state index in [2.05, 4.69) is 5.32 Å². The van der Waals surface area contributed by atoms with E-state index >= 15 is 0 Å². The number of nitrogens with one attached hydrogen (secondary N) is 1. The molecule has 0 unspecified atom stereocenters. The second-order valence-corrected chi connectivity index (χ2v) is 13.5. The average Bonchev–Trinajstić information content (AvgIpc) is 2.65. The molecule has 8 nitrogen and oxygen atoms in total. The maximum atomic E-state index is 12.5. The molecule has 0 aliphatic rings. The summed E-state index contributed by atoms with van der Waals surface area (Å²) in [5.41, 5.74) is 0.138. The van der Waals surface area contributed by atoms with Gasteiger partial charge in [0, 0.05) is 6.42 Å². The minimum absolute atomic E-state index is 0.0284. The molecule has 1 atom stereocenters. The number of ether oxygens (including phenoxy) is 3. The molecule has 0 radical (unpaired) electrons. The number of amides is 1. The SMILES string of the molecule is CC(C)(C)OC(=O)N[C@@H](CCC(=O)OCc1ccccc1)C(=O)OCCO[Si](C)(C)C. The van der Waals surface area contributed by atoms with Gasteiger partial charge in [-0.05, 0) is 52.4 Å². The van der Waals surface area contributed by atoms with Crippen molar-refractivity contribution in [2.45, 2.75) is 71.5 Å². The molecule has 1 amide bonds. The fraction of sp³-hybridized carbons (Fsp3) is 0.591. The van der Waals surface area contributed by atoms with Crippen molar-refractivity contribution in [1.82, 2.24) is 5.32 Å². The van der Waals surface area contributed by atoms with E-state index in [1.54, 1.807) is 20.8 Å². The van der Waals surface area contributed by atoms with Crippen molar-refractivity contribution in [1.29, 1.82) is 0 Å². The third-order valence-corrected chi connectivity index (χ3v) is 4.79. The lowest BCUT2D eigenvalue weighted by molar-refractivity contribution is -0.148. The van der Waals surface area contributed by atoms with E-state index < -0.39 is 38.0 Å². The van der Waals surface area contributed by atoms with E-state index in [0.717, 1.165) is 5.56 Å². The summed E-state index contributed by atoms with van der Waals surface area (Å²) in [5.74, 6) is -1.13. The first-order valence-electron chi connectivity index (χ1n) is 10.4. The van der Waals surface area contributed by atoms with Gasteiger partial charge >= 0.3 is 18.0 Å². The van der Waals surface area contributed by atoms with Gasteiger partial charge in [-0.25, -0.2) is 9.59 Å². The Balaban J connectivity index is 2.58. The van der Waals surface area contributed by atoms with Crippen LogP contribution < -0.4 is 5.32 Å². The number of carbonyl (C=O) groups excluding carboxylic acids is 3. The molecular formula is C22H35NO7Si. The number of benzene rings is 1. The van der Waals surface area contributed by atoms with Crippen LogP contribution in [0.5, 0.6) is 0 Å². The van der Waals surface area contributed by atoms with Crippen LogP contribution in [0.15, 0.2) is 30.3 Å². The van der Waals surface area contributed by atoms with Gasteiger partial charge in [0.1, 0.15) is 24.9 Å². The predicted molar refractivity (Wildman–Crippen MR) is 119 cm³/mol. The van der Waals surface area contributed by atoms with Crippen LogP contribution in [0.1, 0.15) is 39.2 Å². The highest BCUT2D eigenvalue weighted by atomic mass is 28.4. The Hall–Kier alpha value is -2.39. The third-order valence-electron chi connectivity index (χ3n) is 3.72. The Morgan fingerprint density at radius 2 is 1.65 bits per heavy atom. The molecule has 0 bridgehead atoms. The molecule has 0 saturated heterocycles. The molecule has 0 spiro atoms. The number of hydrogen-bond donors (Lipinski definition) is 1. The lowest BCUT2D eigenvalue weighted by Crippen LogP contribution is -2.44. The summed E-state index contributed by atoms with van der Waals surface area (Å²) < 4.78 is 21.3. The van der Waals surface area contributed by atoms with Crippen LogP contribution in [0.25, 0.3) is 0 Å². The summed E-state index contributed by atoms with van der Waals surface area (Å²) in [6, 6.07) is 8.24. The maximum Gasteiger partial charge on any atom is 0.408 e. The molecule has 31 heavy (non-hydrogen) atoms. The summed E-state index contributed by atoms with van der Waals surface area (Å²) >= 11 is 0. The van der Waals surface area contributed by atoms with Crippen LogP contribution in [0.2, 0.25) is 19.6 Å². The number of hydrogen-bond acceptors (Lipinski definition) is 7. The lowest BCUT2D eigenvalue weighted by atomic mass is 10.1. The maximum absolute atomic E-state index is 12.5. The van der Waals surface area contributed by atoms with E-state index in [-0.39, 0.29) is 32.7 Å². The van der Waals surface area contributed by atoms with Crippen LogP contribution in [0.4, 0.5) is 4.79 Å². The van der Waals surface area contributed by atoms with Gasteiger partial charge in [0.2, 0.25) is 0 Å². The molecule has 0 heterocycles. The monoisotopic (exact) mass is 453 g/mol. The van der Waals surface area contributed by atoms with E-state index in [4.69, 9.17) is 18.6 Å². The van der Waals surface area contributed by atoms with Gasteiger partial charge in [-0.2, -0.15) is 0 Å². The van der Waals surface area contributed by atoms with Gasteiger partial charge in [0.25, 0.3) is 0 Å². The number of carbonyl (C=O) groups is 3. The molecule has 0 fully saturated rings. The number of esters is 2. The number of alkyl carbamates (subject to hydrolysis) is 1. The molecule has 1 rings (SSSR count). The smallest absolute Gasteiger partial charge is 0.408 e. The van der Waals surface area contributed by atoms with E-state index in [1.807, 2.05) is 50.0 Å². The molecule has 174 valence electrons. The van der Waals surface area contributed by atoms with Gasteiger partial charge in [-0.3, -0.25) is 4.79 Å². The van der Waals surface area contributed by atoms with Gasteiger partial charge < -0.3 is 24.0 Å². The molecular weight excluding hydrogens is 418 g/mol. The first-order chi connectivity index (χ1) is 14.4. The van der Waals surface area contributed by atoms with Gasteiger partial charge in [-0.15, -0.1) is 0 Å². The molecule has 9 heteroatoms. The highest BCUT2D eigenvalue weighted by Crippen LogP contribution is 2.10. The van der Waals surface area contributed by atoms with Gasteiger partial charge in [0.15, 0.2) is 8.32 Å². The van der Waals surface area contributed by atoms with E-state index in [9.17, 15) is 14.4 Å². The summed E-state index contributed by atoms with van der Waals surface area (Å²) in [5, 5.41) is 2.48. The zero-order valence-corrected chi connectivity index (χ0v) is 20.4. The van der Waals surface area contributed by atoms with Gasteiger partial charge in [-0.1, -0.05) is 30.3 Å². The largest absolute Gasteiger partial charge is 0.462 e. The number of rotatable bonds is 11. The summed E-state index contributed by atoms with van der Waals surface area (Å²) in [6.45, 7) is 11.7. The van der Waals surface area contributed by atoms with Crippen LogP contribution >= 0.6 is 0 Å². The minimum Gasteiger partial charge on any atom is -0.462 e. The lowest BCUT2D eigenvalue weighted by Gasteiger charge is -2.23. The van der Waals surface area contributed by atoms with Crippen LogP contribution in [-0.4, -0.2) is 51.2 Å². The van der Waals surface area contributed by atoms with Crippen molar-refractivity contribution in [2.75, 3.05) is 13.2 Å². The van der Waals surface area contributed by atoms with Crippen molar-refractivity contribution in [3.8, 4) is 0 Å². The Bertz CT molecular complexity index is 711. The van der Waals surface area contributed by atoms with Crippen molar-refractivity contribution in [2.24, 2.45) is 0 Å². The van der Waals surface area contributed by atoms with Crippen LogP contribution in [-0.2, 0) is 34.8 Å². The Labute approximate surface area is 185 Å². The third kappa shape index (κ3) is 13.5. The summed E-state index contributed by atoms with van der Waals surface area (Å²) in [4.78, 5) is 36.7. The Kier molecular flexibility index (Phi) is 10.7. The highest BCUT2D eigenvalue weighted by molar-refractivity contribution is 6.69. The Morgan fingerprint density at radius 1 is 1.00 bits per heavy atom. The molecule has 1 N–H and O–H groups in total. The minimum atomic E-state index is -1.72. The first kappa shape index (κ1) is 26.6. The molecule has 1 aromatic rings. The fourth-order valence-electron chi connectivity index (χ4n) is 2.36. The second kappa shape index (κ2) is 12.5. The topological polar surface area (TPSA) is 100 Å². The van der Waals surface area contributed by atoms with E-state index in [0.29, 0.717) is 0 Å². The predicted octanol–water partition coefficient (Wildman–Crippen LogP) is 3.80. The average molecular weight is 454 g/mol. The molecule has 0 aliphatic carbocycles. The van der Waals surface area contributed by atoms with Crippen molar-refractivity contribution in [3.63, 3.8) is 0 Å². The summed E-state index contributed by atoms with van der Waals surface area (Å²) in [7, 11) is -1.72. The van der Waals surface area contributed by atoms with Gasteiger partial charge in [0.05, 0.1) is 6.61 Å². The first-order valence-corrected chi connectivity index (χ1v) is 13.8. The molecule has 0 aromatic heterocycles. The van der Waals surface area contributed by atoms with Crippen molar-refractivity contribution in [3.05, 3.63) is 35.9 Å². The van der Waals surface area contributed by atoms with Crippen molar-refractivity contribution < 1.29 is 33.0 Å². The normalized spacial score (nSPS) is 12.6. The molecule has 1 aromatic carbocycles. The van der Waals surface area contributed by atoms with Crippen LogP contribution in [0, 0.1) is 0 Å². The standard InChI is InChI=1S/C22H35NO7Si/c1-22(2,3)30-21(26)23-18(20(25)27-14-15-29-31(4,5)6)12-13-19(24)28-16-17-10-8-7-9-11-17/h7-11,18H,12-16H2,1-6H3,(H,23,26)/t18-/m0/s1.